The summed E-state index contributed by atoms with van der Waals surface area (Å²) in [5.74, 6) is 1.00. The second-order valence-corrected chi connectivity index (χ2v) is 10.5. The number of rotatable bonds is 8. The van der Waals surface area contributed by atoms with Crippen LogP contribution in [-0.4, -0.2) is 98.3 Å². The highest BCUT2D eigenvalue weighted by Gasteiger charge is 2.42. The maximum atomic E-state index is 13.3. The van der Waals surface area contributed by atoms with Crippen molar-refractivity contribution in [3.63, 3.8) is 0 Å². The number of hydrogen-bond donors (Lipinski definition) is 0. The number of ether oxygens (including phenoxy) is 3. The van der Waals surface area contributed by atoms with E-state index in [-0.39, 0.29) is 38.0 Å². The van der Waals surface area contributed by atoms with Gasteiger partial charge in [-0.25, -0.2) is 0 Å². The lowest BCUT2D eigenvalue weighted by atomic mass is 9.96. The zero-order chi connectivity index (χ0) is 26.4. The molecule has 200 valence electrons. The van der Waals surface area contributed by atoms with Crippen LogP contribution in [0.2, 0.25) is 10.0 Å². The van der Waals surface area contributed by atoms with E-state index in [9.17, 15) is 9.59 Å². The van der Waals surface area contributed by atoms with Gasteiger partial charge < -0.3 is 28.9 Å². The van der Waals surface area contributed by atoms with Gasteiger partial charge in [-0.3, -0.25) is 9.59 Å². The molecule has 2 heterocycles. The minimum absolute atomic E-state index is 0.00398. The average molecular weight is 550 g/mol. The van der Waals surface area contributed by atoms with Crippen molar-refractivity contribution in [2.75, 3.05) is 66.1 Å². The van der Waals surface area contributed by atoms with Gasteiger partial charge in [0.25, 0.3) is 5.91 Å². The molecule has 1 unspecified atom stereocenters. The Morgan fingerprint density at radius 1 is 0.919 bits per heavy atom. The van der Waals surface area contributed by atoms with Crippen molar-refractivity contribution < 1.29 is 23.8 Å². The van der Waals surface area contributed by atoms with E-state index in [2.05, 4.69) is 4.90 Å². The zero-order valence-electron chi connectivity index (χ0n) is 21.3. The van der Waals surface area contributed by atoms with Crippen LogP contribution >= 0.6 is 23.2 Å². The lowest BCUT2D eigenvalue weighted by Crippen LogP contribution is -2.59. The Morgan fingerprint density at radius 3 is 2.32 bits per heavy atom. The highest BCUT2D eigenvalue weighted by Crippen LogP contribution is 2.28. The largest absolute Gasteiger partial charge is 0.490 e. The van der Waals surface area contributed by atoms with Crippen LogP contribution in [0.4, 0.5) is 0 Å². The summed E-state index contributed by atoms with van der Waals surface area (Å²) in [7, 11) is 2.05. The molecule has 2 aromatic rings. The second-order valence-electron chi connectivity index (χ2n) is 9.65. The quantitative estimate of drug-likeness (QED) is 0.501. The van der Waals surface area contributed by atoms with Crippen LogP contribution in [0.5, 0.6) is 11.5 Å². The molecular formula is C27H33Cl2N3O5. The van der Waals surface area contributed by atoms with Crippen molar-refractivity contribution in [1.29, 1.82) is 0 Å². The minimum atomic E-state index is -0.984. The predicted molar refractivity (Wildman–Crippen MR) is 143 cm³/mol. The summed E-state index contributed by atoms with van der Waals surface area (Å²) >= 11 is 12.1. The van der Waals surface area contributed by atoms with Gasteiger partial charge in [-0.2, -0.15) is 0 Å². The highest BCUT2D eigenvalue weighted by molar-refractivity contribution is 6.31. The van der Waals surface area contributed by atoms with E-state index in [0.29, 0.717) is 47.8 Å². The third-order valence-electron chi connectivity index (χ3n) is 6.74. The first-order chi connectivity index (χ1) is 17.7. The molecule has 37 heavy (non-hydrogen) atoms. The number of nitrogens with zero attached hydrogens (tertiary/aromatic N) is 3. The van der Waals surface area contributed by atoms with Crippen molar-refractivity contribution in [3.8, 4) is 11.5 Å². The summed E-state index contributed by atoms with van der Waals surface area (Å²) in [5.41, 5.74) is -0.0928. The number of benzene rings is 2. The van der Waals surface area contributed by atoms with Gasteiger partial charge in [0.05, 0.1) is 19.6 Å². The molecule has 0 spiro atoms. The van der Waals surface area contributed by atoms with Crippen molar-refractivity contribution in [2.24, 2.45) is 0 Å². The SMILES string of the molecule is Cc1cc(OCC2(CC(=O)N3CCN(C)CC3)CN(C(=O)COc3ccc(Cl)cc3)CCO2)ccc1Cl. The monoisotopic (exact) mass is 549 g/mol. The number of halogens is 2. The molecule has 8 nitrogen and oxygen atoms in total. The minimum Gasteiger partial charge on any atom is -0.490 e. The predicted octanol–water partition coefficient (Wildman–Crippen LogP) is 3.52. The van der Waals surface area contributed by atoms with E-state index in [1.165, 1.54) is 0 Å². The number of aryl methyl sites for hydroxylation is 1. The molecule has 2 fully saturated rings. The smallest absolute Gasteiger partial charge is 0.260 e. The van der Waals surface area contributed by atoms with Gasteiger partial charge in [0.1, 0.15) is 23.7 Å². The van der Waals surface area contributed by atoms with Crippen LogP contribution in [0.3, 0.4) is 0 Å². The molecule has 0 aliphatic carbocycles. The molecule has 2 amide bonds. The molecule has 10 heteroatoms. The van der Waals surface area contributed by atoms with E-state index in [0.717, 1.165) is 18.7 Å². The fraction of sp³-hybridized carbons (Fsp3) is 0.481. The van der Waals surface area contributed by atoms with Crippen molar-refractivity contribution in [1.82, 2.24) is 14.7 Å². The first kappa shape index (κ1) is 27.5. The number of piperazine rings is 1. The van der Waals surface area contributed by atoms with E-state index >= 15 is 0 Å². The molecule has 0 aromatic heterocycles. The summed E-state index contributed by atoms with van der Waals surface area (Å²) in [4.78, 5) is 32.1. The van der Waals surface area contributed by atoms with Crippen LogP contribution < -0.4 is 9.47 Å². The Balaban J connectivity index is 1.45. The number of carbonyl (C=O) groups excluding carboxylic acids is 2. The topological polar surface area (TPSA) is 71.6 Å². The van der Waals surface area contributed by atoms with Gasteiger partial charge in [-0.1, -0.05) is 23.2 Å². The van der Waals surface area contributed by atoms with Gasteiger partial charge >= 0.3 is 0 Å². The van der Waals surface area contributed by atoms with Crippen LogP contribution in [0.15, 0.2) is 42.5 Å². The average Bonchev–Trinajstić information content (AvgIpc) is 2.89. The number of hydrogen-bond acceptors (Lipinski definition) is 6. The number of morpholine rings is 1. The highest BCUT2D eigenvalue weighted by atomic mass is 35.5. The lowest BCUT2D eigenvalue weighted by molar-refractivity contribution is -0.167. The molecular weight excluding hydrogens is 517 g/mol. The van der Waals surface area contributed by atoms with E-state index in [1.807, 2.05) is 24.9 Å². The Bertz CT molecular complexity index is 1090. The Labute approximate surface area is 228 Å². The summed E-state index contributed by atoms with van der Waals surface area (Å²) in [6.45, 7) is 5.82. The molecule has 2 saturated heterocycles. The van der Waals surface area contributed by atoms with Crippen LogP contribution in [0.1, 0.15) is 12.0 Å². The third-order valence-corrected chi connectivity index (χ3v) is 7.41. The van der Waals surface area contributed by atoms with Gasteiger partial charge in [-0.15, -0.1) is 0 Å². The molecule has 2 aliphatic heterocycles. The first-order valence-electron chi connectivity index (χ1n) is 12.4. The van der Waals surface area contributed by atoms with Gasteiger partial charge in [0, 0.05) is 42.8 Å². The summed E-state index contributed by atoms with van der Waals surface area (Å²) < 4.78 is 18.0. The lowest BCUT2D eigenvalue weighted by Gasteiger charge is -2.43. The standard InChI is InChI=1S/C27H33Cl2N3O5/c1-20-15-23(7-8-24(20)29)36-19-27(16-25(33)31-11-9-30(2)10-12-31)18-32(13-14-37-27)26(34)17-35-22-5-3-21(28)4-6-22/h3-8,15H,9-14,16-19H2,1-2H3. The van der Waals surface area contributed by atoms with Crippen molar-refractivity contribution in [2.45, 2.75) is 18.9 Å². The van der Waals surface area contributed by atoms with Crippen LogP contribution in [-0.2, 0) is 14.3 Å². The normalized spacial score (nSPS) is 20.5. The maximum absolute atomic E-state index is 13.3. The third kappa shape index (κ3) is 7.51. The van der Waals surface area contributed by atoms with Crippen LogP contribution in [0.25, 0.3) is 0 Å². The molecule has 0 radical (unpaired) electrons. The van der Waals surface area contributed by atoms with E-state index < -0.39 is 5.60 Å². The molecule has 0 N–H and O–H groups in total. The first-order valence-corrected chi connectivity index (χ1v) is 13.1. The summed E-state index contributed by atoms with van der Waals surface area (Å²) in [6, 6.07) is 12.3. The molecule has 0 saturated carbocycles. The molecule has 0 bridgehead atoms. The number of amides is 2. The van der Waals surface area contributed by atoms with Crippen molar-refractivity contribution >= 4 is 35.0 Å². The van der Waals surface area contributed by atoms with Gasteiger partial charge in [0.15, 0.2) is 6.61 Å². The fourth-order valence-corrected chi connectivity index (χ4v) is 4.68. The Hall–Kier alpha value is -2.52. The Kier molecular flexibility index (Phi) is 9.18. The summed E-state index contributed by atoms with van der Waals surface area (Å²) in [6.07, 6.45) is 0.116. The second kappa shape index (κ2) is 12.3. The zero-order valence-corrected chi connectivity index (χ0v) is 22.8. The van der Waals surface area contributed by atoms with E-state index in [1.54, 1.807) is 41.3 Å². The fourth-order valence-electron chi connectivity index (χ4n) is 4.44. The summed E-state index contributed by atoms with van der Waals surface area (Å²) in [5, 5.41) is 1.25. The van der Waals surface area contributed by atoms with E-state index in [4.69, 9.17) is 37.4 Å². The van der Waals surface area contributed by atoms with Gasteiger partial charge in [-0.05, 0) is 62.0 Å². The Morgan fingerprint density at radius 2 is 1.62 bits per heavy atom. The number of carbonyl (C=O) groups is 2. The molecule has 2 aromatic carbocycles. The molecule has 4 rings (SSSR count). The van der Waals surface area contributed by atoms with Crippen LogP contribution in [0, 0.1) is 6.92 Å². The number of likely N-dealkylation sites (N-methyl/N-ethyl adjacent to an activating group) is 1. The molecule has 1 atom stereocenters. The van der Waals surface area contributed by atoms with Crippen molar-refractivity contribution in [3.05, 3.63) is 58.1 Å². The molecule has 2 aliphatic rings. The maximum Gasteiger partial charge on any atom is 0.260 e. The van der Waals surface area contributed by atoms with Gasteiger partial charge in [0.2, 0.25) is 5.91 Å².